The minimum Gasteiger partial charge on any atom is -0.493 e. The van der Waals surface area contributed by atoms with Gasteiger partial charge in [-0.1, -0.05) is 6.58 Å². The van der Waals surface area contributed by atoms with Gasteiger partial charge in [0.25, 0.3) is 5.91 Å². The molecule has 0 spiro atoms. The molecule has 1 aliphatic heterocycles. The number of morpholine rings is 1. The van der Waals surface area contributed by atoms with E-state index in [0.29, 0.717) is 29.3 Å². The van der Waals surface area contributed by atoms with E-state index in [2.05, 4.69) is 26.9 Å². The Balaban J connectivity index is 1.28. The van der Waals surface area contributed by atoms with Crippen LogP contribution in [0.2, 0.25) is 0 Å². The van der Waals surface area contributed by atoms with E-state index in [1.165, 1.54) is 0 Å². The second-order valence-electron chi connectivity index (χ2n) is 8.75. The van der Waals surface area contributed by atoms with Crippen molar-refractivity contribution in [3.63, 3.8) is 0 Å². The molecule has 38 heavy (non-hydrogen) atoms. The van der Waals surface area contributed by atoms with E-state index in [1.807, 2.05) is 12.1 Å². The first-order chi connectivity index (χ1) is 18.5. The minimum absolute atomic E-state index is 0.210. The number of hydrogen-bond donors (Lipinski definition) is 1. The number of methoxy groups -OCH3 is 2. The number of fused-ring (bicyclic) bond motifs is 1. The number of ether oxygens (including phenoxy) is 4. The Bertz CT molecular complexity index is 1280. The van der Waals surface area contributed by atoms with Crippen molar-refractivity contribution >= 4 is 17.5 Å². The lowest BCUT2D eigenvalue weighted by Crippen LogP contribution is -2.37. The summed E-state index contributed by atoms with van der Waals surface area (Å²) in [6.45, 7) is 8.51. The van der Waals surface area contributed by atoms with Crippen LogP contribution in [-0.4, -0.2) is 91.6 Å². The number of amides is 1. The molecule has 4 rings (SSSR count). The zero-order valence-corrected chi connectivity index (χ0v) is 21.8. The van der Waals surface area contributed by atoms with Crippen molar-refractivity contribution in [1.82, 2.24) is 24.8 Å². The highest BCUT2D eigenvalue weighted by Gasteiger charge is 2.16. The molecule has 11 nitrogen and oxygen atoms in total. The summed E-state index contributed by atoms with van der Waals surface area (Å²) in [6.07, 6.45) is 2.68. The van der Waals surface area contributed by atoms with Gasteiger partial charge < -0.3 is 24.3 Å². The van der Waals surface area contributed by atoms with Gasteiger partial charge in [0.15, 0.2) is 22.8 Å². The highest BCUT2D eigenvalue weighted by atomic mass is 16.5. The molecule has 1 aliphatic rings. The maximum Gasteiger partial charge on any atom is 0.333 e. The van der Waals surface area contributed by atoms with Crippen molar-refractivity contribution in [1.29, 1.82) is 0 Å². The van der Waals surface area contributed by atoms with Crippen molar-refractivity contribution < 1.29 is 28.5 Å². The third kappa shape index (κ3) is 6.67. The third-order valence-corrected chi connectivity index (χ3v) is 6.23. The molecule has 0 bridgehead atoms. The maximum atomic E-state index is 12.7. The van der Waals surface area contributed by atoms with Gasteiger partial charge in [0.05, 0.1) is 39.7 Å². The lowest BCUT2D eigenvalue weighted by atomic mass is 10.1. The number of nitrogens with one attached hydrogen (secondary N) is 1. The van der Waals surface area contributed by atoms with E-state index < -0.39 is 5.97 Å². The zero-order valence-electron chi connectivity index (χ0n) is 21.8. The second kappa shape index (κ2) is 13.0. The average molecular weight is 524 g/mol. The predicted octanol–water partition coefficient (Wildman–Crippen LogP) is 2.36. The summed E-state index contributed by atoms with van der Waals surface area (Å²) in [5.74, 6) is 0.370. The number of rotatable bonds is 12. The van der Waals surface area contributed by atoms with Crippen molar-refractivity contribution in [3.05, 3.63) is 54.4 Å². The molecule has 0 saturated carbocycles. The summed E-state index contributed by atoms with van der Waals surface area (Å²) in [4.78, 5) is 31.6. The van der Waals surface area contributed by atoms with E-state index in [1.54, 1.807) is 43.1 Å². The highest BCUT2D eigenvalue weighted by Crippen LogP contribution is 2.32. The Morgan fingerprint density at radius 3 is 2.66 bits per heavy atom. The van der Waals surface area contributed by atoms with Gasteiger partial charge in [-0.25, -0.2) is 14.3 Å². The van der Waals surface area contributed by atoms with Crippen LogP contribution in [0, 0.1) is 0 Å². The summed E-state index contributed by atoms with van der Waals surface area (Å²) in [5, 5.41) is 7.23. The molecule has 3 aromatic rings. The number of esters is 1. The standard InChI is InChI=1S/C27H33N5O6/c1-19(27(34)38-14-4-11-31-12-15-37-16-13-31)7-9-29-26(33)21-18-25-28-10-8-22(32(25)30-21)20-5-6-23(35-2)24(17-20)36-3/h5-6,8,10,17-18H,1,4,7,9,11-16H2,2-3H3,(H,29,33). The Hall–Kier alpha value is -3.96. The van der Waals surface area contributed by atoms with Gasteiger partial charge >= 0.3 is 5.97 Å². The number of carbonyl (C=O) groups excluding carboxylic acids is 2. The van der Waals surface area contributed by atoms with Gasteiger partial charge in [0.2, 0.25) is 0 Å². The van der Waals surface area contributed by atoms with Crippen LogP contribution in [-0.2, 0) is 14.3 Å². The van der Waals surface area contributed by atoms with Crippen LogP contribution in [0.3, 0.4) is 0 Å². The number of benzene rings is 1. The van der Waals surface area contributed by atoms with Gasteiger partial charge in [-0.15, -0.1) is 0 Å². The van der Waals surface area contributed by atoms with Gasteiger partial charge in [0, 0.05) is 49.6 Å². The first-order valence-corrected chi connectivity index (χ1v) is 12.5. The molecule has 0 aliphatic carbocycles. The summed E-state index contributed by atoms with van der Waals surface area (Å²) < 4.78 is 23.0. The van der Waals surface area contributed by atoms with E-state index in [-0.39, 0.29) is 24.6 Å². The average Bonchev–Trinajstić information content (AvgIpc) is 3.40. The van der Waals surface area contributed by atoms with Crippen LogP contribution in [0.25, 0.3) is 16.9 Å². The lowest BCUT2D eigenvalue weighted by Gasteiger charge is -2.26. The van der Waals surface area contributed by atoms with Crippen molar-refractivity contribution in [3.8, 4) is 22.8 Å². The predicted molar refractivity (Wildman–Crippen MR) is 140 cm³/mol. The van der Waals surface area contributed by atoms with Gasteiger partial charge in [0.1, 0.15) is 0 Å². The first kappa shape index (κ1) is 27.1. The zero-order chi connectivity index (χ0) is 26.9. The van der Waals surface area contributed by atoms with Crippen LogP contribution in [0.5, 0.6) is 11.5 Å². The fraction of sp³-hybridized carbons (Fsp3) is 0.407. The van der Waals surface area contributed by atoms with E-state index in [0.717, 1.165) is 50.5 Å². The number of hydrogen-bond acceptors (Lipinski definition) is 9. The SMILES string of the molecule is C=C(CCNC(=O)c1cc2nccc(-c3ccc(OC)c(OC)c3)n2n1)C(=O)OCCCN1CCOCC1. The van der Waals surface area contributed by atoms with Crippen LogP contribution in [0.15, 0.2) is 48.7 Å². The van der Waals surface area contributed by atoms with Crippen molar-refractivity contribution in [2.45, 2.75) is 12.8 Å². The monoisotopic (exact) mass is 523 g/mol. The summed E-state index contributed by atoms with van der Waals surface area (Å²) in [7, 11) is 3.15. The molecule has 3 heterocycles. The number of nitrogens with zero attached hydrogens (tertiary/aromatic N) is 4. The Morgan fingerprint density at radius 1 is 1.11 bits per heavy atom. The molecule has 0 atom stereocenters. The summed E-state index contributed by atoms with van der Waals surface area (Å²) in [5.41, 5.74) is 2.60. The minimum atomic E-state index is -0.447. The van der Waals surface area contributed by atoms with Gasteiger partial charge in [-0.05, 0) is 37.1 Å². The molecule has 2 aromatic heterocycles. The van der Waals surface area contributed by atoms with Gasteiger partial charge in [-0.2, -0.15) is 5.10 Å². The largest absolute Gasteiger partial charge is 0.493 e. The van der Waals surface area contributed by atoms with E-state index in [9.17, 15) is 9.59 Å². The van der Waals surface area contributed by atoms with Crippen LogP contribution >= 0.6 is 0 Å². The van der Waals surface area contributed by atoms with Gasteiger partial charge in [-0.3, -0.25) is 9.69 Å². The third-order valence-electron chi connectivity index (χ3n) is 6.23. The fourth-order valence-corrected chi connectivity index (χ4v) is 4.12. The molecule has 1 N–H and O–H groups in total. The fourth-order valence-electron chi connectivity index (χ4n) is 4.12. The summed E-state index contributed by atoms with van der Waals surface area (Å²) >= 11 is 0. The molecule has 0 unspecified atom stereocenters. The smallest absolute Gasteiger partial charge is 0.333 e. The Labute approximate surface area is 221 Å². The maximum absolute atomic E-state index is 12.7. The van der Waals surface area contributed by atoms with Crippen LogP contribution in [0.4, 0.5) is 0 Å². The quantitative estimate of drug-likeness (QED) is 0.217. The first-order valence-electron chi connectivity index (χ1n) is 12.5. The molecule has 202 valence electrons. The summed E-state index contributed by atoms with van der Waals surface area (Å²) in [6, 6.07) is 8.93. The van der Waals surface area contributed by atoms with Crippen LogP contribution < -0.4 is 14.8 Å². The molecule has 1 aromatic carbocycles. The molecule has 0 radical (unpaired) electrons. The molecular formula is C27H33N5O6. The topological polar surface area (TPSA) is 117 Å². The Kier molecular flexibility index (Phi) is 9.28. The Morgan fingerprint density at radius 2 is 1.89 bits per heavy atom. The van der Waals surface area contributed by atoms with E-state index in [4.69, 9.17) is 18.9 Å². The lowest BCUT2D eigenvalue weighted by molar-refractivity contribution is -0.139. The molecular weight excluding hydrogens is 490 g/mol. The van der Waals surface area contributed by atoms with Crippen molar-refractivity contribution in [2.75, 3.05) is 60.2 Å². The molecule has 1 saturated heterocycles. The van der Waals surface area contributed by atoms with Crippen LogP contribution in [0.1, 0.15) is 23.3 Å². The number of aromatic nitrogens is 3. The highest BCUT2D eigenvalue weighted by molar-refractivity contribution is 5.93. The normalized spacial score (nSPS) is 13.7. The molecule has 11 heteroatoms. The van der Waals surface area contributed by atoms with E-state index >= 15 is 0 Å². The van der Waals surface area contributed by atoms with Crippen molar-refractivity contribution in [2.24, 2.45) is 0 Å². The number of carbonyl (C=O) groups is 2. The second-order valence-corrected chi connectivity index (χ2v) is 8.75. The molecule has 1 amide bonds. The molecule has 1 fully saturated rings.